The Morgan fingerprint density at radius 2 is 2.00 bits per heavy atom. The van der Waals surface area contributed by atoms with Crippen LogP contribution in [0.5, 0.6) is 0 Å². The van der Waals surface area contributed by atoms with E-state index >= 15 is 0 Å². The van der Waals surface area contributed by atoms with Crippen molar-refractivity contribution in [3.8, 4) is 0 Å². The molecule has 0 spiro atoms. The highest BCUT2D eigenvalue weighted by molar-refractivity contribution is 5.86. The van der Waals surface area contributed by atoms with Crippen LogP contribution in [0.25, 0.3) is 0 Å². The highest BCUT2D eigenvalue weighted by atomic mass is 16.5. The number of hydrogen-bond acceptors (Lipinski definition) is 5. The Morgan fingerprint density at radius 1 is 1.39 bits per heavy atom. The smallest absolute Gasteiger partial charge is 0.326 e. The zero-order valence-corrected chi connectivity index (χ0v) is 10.4. The second-order valence-corrected chi connectivity index (χ2v) is 3.42. The van der Waals surface area contributed by atoms with Crippen LogP contribution in [-0.4, -0.2) is 65.9 Å². The lowest BCUT2D eigenvalue weighted by molar-refractivity contribution is -0.147. The van der Waals surface area contributed by atoms with E-state index in [9.17, 15) is 14.4 Å². The normalized spacial score (nSPS) is 11.5. The van der Waals surface area contributed by atoms with E-state index in [1.165, 1.54) is 4.90 Å². The van der Waals surface area contributed by atoms with Crippen molar-refractivity contribution in [1.82, 2.24) is 10.2 Å². The monoisotopic (exact) mass is 262 g/mol. The van der Waals surface area contributed by atoms with E-state index in [0.29, 0.717) is 6.54 Å². The third-order valence-electron chi connectivity index (χ3n) is 2.23. The van der Waals surface area contributed by atoms with Crippen LogP contribution in [0.2, 0.25) is 0 Å². The average Bonchev–Trinajstić information content (AvgIpc) is 2.34. The summed E-state index contributed by atoms with van der Waals surface area (Å²) in [6.45, 7) is 1.87. The Labute approximate surface area is 105 Å². The van der Waals surface area contributed by atoms with E-state index < -0.39 is 30.4 Å². The van der Waals surface area contributed by atoms with Crippen molar-refractivity contribution in [2.45, 2.75) is 19.4 Å². The Hall–Kier alpha value is -1.83. The van der Waals surface area contributed by atoms with Crippen molar-refractivity contribution >= 4 is 18.0 Å². The standard InChI is InChI=1S/C10H18N2O6/c1-3-12(4-5-13)10(17)11-7(9(15)16)6-8(14)18-2/h7,13H,3-6H2,1-2H3,(H,11,17)(H,15,16)/t7-/m0/s1. The molecule has 0 rings (SSSR count). The molecule has 0 aromatic carbocycles. The molecular weight excluding hydrogens is 244 g/mol. The molecule has 0 bridgehead atoms. The van der Waals surface area contributed by atoms with Gasteiger partial charge in [0.15, 0.2) is 0 Å². The number of aliphatic hydroxyl groups excluding tert-OH is 1. The largest absolute Gasteiger partial charge is 0.480 e. The molecule has 0 heterocycles. The van der Waals surface area contributed by atoms with E-state index in [1.54, 1.807) is 6.92 Å². The van der Waals surface area contributed by atoms with Crippen LogP contribution in [0.1, 0.15) is 13.3 Å². The van der Waals surface area contributed by atoms with Gasteiger partial charge in [-0.1, -0.05) is 0 Å². The van der Waals surface area contributed by atoms with Crippen LogP contribution in [-0.2, 0) is 14.3 Å². The number of rotatable bonds is 7. The number of carboxylic acids is 1. The van der Waals surface area contributed by atoms with E-state index in [2.05, 4.69) is 10.1 Å². The molecule has 0 fully saturated rings. The van der Waals surface area contributed by atoms with Crippen molar-refractivity contribution in [1.29, 1.82) is 0 Å². The number of aliphatic hydroxyl groups is 1. The number of methoxy groups -OCH3 is 1. The number of nitrogens with one attached hydrogen (secondary N) is 1. The minimum atomic E-state index is -1.35. The average molecular weight is 262 g/mol. The van der Waals surface area contributed by atoms with Crippen LogP contribution in [0, 0.1) is 0 Å². The van der Waals surface area contributed by atoms with E-state index in [4.69, 9.17) is 10.2 Å². The number of ether oxygens (including phenoxy) is 1. The summed E-state index contributed by atoms with van der Waals surface area (Å²) in [4.78, 5) is 34.7. The van der Waals surface area contributed by atoms with Gasteiger partial charge in [0.1, 0.15) is 6.04 Å². The van der Waals surface area contributed by atoms with Crippen LogP contribution >= 0.6 is 0 Å². The van der Waals surface area contributed by atoms with Gasteiger partial charge in [-0.15, -0.1) is 0 Å². The predicted octanol–water partition coefficient (Wildman–Crippen LogP) is -0.973. The summed E-state index contributed by atoms with van der Waals surface area (Å²) in [6, 6.07) is -2.00. The minimum Gasteiger partial charge on any atom is -0.480 e. The number of esters is 1. The molecule has 18 heavy (non-hydrogen) atoms. The van der Waals surface area contributed by atoms with Gasteiger partial charge in [0, 0.05) is 13.1 Å². The van der Waals surface area contributed by atoms with Crippen LogP contribution < -0.4 is 5.32 Å². The molecule has 0 unspecified atom stereocenters. The van der Waals surface area contributed by atoms with Gasteiger partial charge in [0.25, 0.3) is 0 Å². The number of urea groups is 1. The maximum atomic E-state index is 11.6. The molecule has 8 heteroatoms. The summed E-state index contributed by atoms with van der Waals surface area (Å²) in [5.41, 5.74) is 0. The second kappa shape index (κ2) is 8.29. The fourth-order valence-corrected chi connectivity index (χ4v) is 1.21. The van der Waals surface area contributed by atoms with Crippen molar-refractivity contribution in [2.24, 2.45) is 0 Å². The first-order chi connectivity index (χ1) is 8.46. The number of carbonyl (C=O) groups excluding carboxylic acids is 2. The number of hydrogen-bond donors (Lipinski definition) is 3. The summed E-state index contributed by atoms with van der Waals surface area (Å²) in [5.74, 6) is -2.05. The van der Waals surface area contributed by atoms with Gasteiger partial charge in [-0.25, -0.2) is 9.59 Å². The molecule has 0 aliphatic carbocycles. The highest BCUT2D eigenvalue weighted by Gasteiger charge is 2.25. The van der Waals surface area contributed by atoms with Crippen molar-refractivity contribution in [3.63, 3.8) is 0 Å². The fourth-order valence-electron chi connectivity index (χ4n) is 1.21. The summed E-state index contributed by atoms with van der Waals surface area (Å²) in [5, 5.41) is 19.8. The molecule has 8 nitrogen and oxygen atoms in total. The third kappa shape index (κ3) is 5.48. The second-order valence-electron chi connectivity index (χ2n) is 3.42. The Kier molecular flexibility index (Phi) is 7.45. The van der Waals surface area contributed by atoms with E-state index in [0.717, 1.165) is 7.11 Å². The minimum absolute atomic E-state index is 0.0902. The van der Waals surface area contributed by atoms with Gasteiger partial charge in [0.05, 0.1) is 20.1 Å². The molecular formula is C10H18N2O6. The fraction of sp³-hybridized carbons (Fsp3) is 0.700. The number of amides is 2. The molecule has 0 aromatic rings. The number of carbonyl (C=O) groups is 3. The van der Waals surface area contributed by atoms with Crippen LogP contribution in [0.15, 0.2) is 0 Å². The zero-order chi connectivity index (χ0) is 14.1. The van der Waals surface area contributed by atoms with Gasteiger partial charge in [-0.2, -0.15) is 0 Å². The lowest BCUT2D eigenvalue weighted by Gasteiger charge is -2.22. The first kappa shape index (κ1) is 16.2. The van der Waals surface area contributed by atoms with Crippen LogP contribution in [0.3, 0.4) is 0 Å². The highest BCUT2D eigenvalue weighted by Crippen LogP contribution is 1.98. The first-order valence-electron chi connectivity index (χ1n) is 5.42. The van der Waals surface area contributed by atoms with E-state index in [-0.39, 0.29) is 13.2 Å². The molecule has 3 N–H and O–H groups in total. The van der Waals surface area contributed by atoms with Gasteiger partial charge >= 0.3 is 18.0 Å². The summed E-state index contributed by atoms with van der Waals surface area (Å²) < 4.78 is 4.34. The van der Waals surface area contributed by atoms with E-state index in [1.807, 2.05) is 0 Å². The number of nitrogens with zero attached hydrogens (tertiary/aromatic N) is 1. The molecule has 1 atom stereocenters. The number of likely N-dealkylation sites (N-methyl/N-ethyl adjacent to an activating group) is 1. The Morgan fingerprint density at radius 3 is 2.39 bits per heavy atom. The number of aliphatic carboxylic acids is 1. The third-order valence-corrected chi connectivity index (χ3v) is 2.23. The van der Waals surface area contributed by atoms with Crippen molar-refractivity contribution in [3.05, 3.63) is 0 Å². The van der Waals surface area contributed by atoms with Gasteiger partial charge in [0.2, 0.25) is 0 Å². The number of carboxylic acid groups (broad SMARTS) is 1. The SMILES string of the molecule is CCN(CCO)C(=O)N[C@@H](CC(=O)OC)C(=O)O. The molecule has 0 aliphatic rings. The maximum Gasteiger partial charge on any atom is 0.326 e. The van der Waals surface area contributed by atoms with Gasteiger partial charge < -0.3 is 25.2 Å². The van der Waals surface area contributed by atoms with Gasteiger partial charge in [-0.05, 0) is 6.92 Å². The zero-order valence-electron chi connectivity index (χ0n) is 10.4. The lowest BCUT2D eigenvalue weighted by atomic mass is 10.2. The van der Waals surface area contributed by atoms with Gasteiger partial charge in [-0.3, -0.25) is 4.79 Å². The summed E-state index contributed by atoms with van der Waals surface area (Å²) in [6.07, 6.45) is -0.450. The van der Waals surface area contributed by atoms with Crippen LogP contribution in [0.4, 0.5) is 4.79 Å². The molecule has 0 saturated heterocycles. The quantitative estimate of drug-likeness (QED) is 0.508. The van der Waals surface area contributed by atoms with Crippen molar-refractivity contribution < 1.29 is 29.3 Å². The predicted molar refractivity (Wildman–Crippen MR) is 60.9 cm³/mol. The summed E-state index contributed by atoms with van der Waals surface area (Å²) >= 11 is 0. The molecule has 0 aliphatic heterocycles. The molecule has 0 aromatic heterocycles. The topological polar surface area (TPSA) is 116 Å². The lowest BCUT2D eigenvalue weighted by Crippen LogP contribution is -2.49. The molecule has 104 valence electrons. The summed E-state index contributed by atoms with van der Waals surface area (Å²) in [7, 11) is 1.13. The molecule has 2 amide bonds. The van der Waals surface area contributed by atoms with Crippen molar-refractivity contribution in [2.75, 3.05) is 26.8 Å². The Balaban J connectivity index is 4.52. The molecule has 0 saturated carbocycles. The molecule has 0 radical (unpaired) electrons. The Bertz CT molecular complexity index is 307. The maximum absolute atomic E-state index is 11.6. The first-order valence-corrected chi connectivity index (χ1v) is 5.42.